The number of carbonyl (C=O) groups is 1. The number of nitrogens with zero attached hydrogens (tertiary/aromatic N) is 1. The lowest BCUT2D eigenvalue weighted by Crippen LogP contribution is -2.46. The van der Waals surface area contributed by atoms with E-state index in [9.17, 15) is 9.90 Å². The van der Waals surface area contributed by atoms with Gasteiger partial charge >= 0.3 is 0 Å². The van der Waals surface area contributed by atoms with E-state index in [0.717, 1.165) is 19.3 Å². The van der Waals surface area contributed by atoms with E-state index < -0.39 is 6.10 Å². The summed E-state index contributed by atoms with van der Waals surface area (Å²) >= 11 is 0. The molecule has 0 radical (unpaired) electrons. The summed E-state index contributed by atoms with van der Waals surface area (Å²) in [5.41, 5.74) is 6.45. The largest absolute Gasteiger partial charge is 0.378 e. The third-order valence-electron chi connectivity index (χ3n) is 4.30. The van der Waals surface area contributed by atoms with Gasteiger partial charge in [-0.3, -0.25) is 4.79 Å². The molecule has 1 aromatic carbocycles. The lowest BCUT2D eigenvalue weighted by atomic mass is 10.0. The van der Waals surface area contributed by atoms with E-state index in [1.165, 1.54) is 0 Å². The number of nitrogens with two attached hydrogens (primary N) is 1. The molecule has 1 fully saturated rings. The molecule has 3 unspecified atom stereocenters. The van der Waals surface area contributed by atoms with Crippen LogP contribution in [0.3, 0.4) is 0 Å². The fourth-order valence-corrected chi connectivity index (χ4v) is 3.19. The van der Waals surface area contributed by atoms with Crippen LogP contribution in [0.2, 0.25) is 0 Å². The molecule has 3 N–H and O–H groups in total. The first-order valence-electron chi connectivity index (χ1n) is 7.42. The highest BCUT2D eigenvalue weighted by atomic mass is 16.3. The summed E-state index contributed by atoms with van der Waals surface area (Å²) in [6.07, 6.45) is 2.10. The smallest absolute Gasteiger partial charge is 0.256 e. The molecular formula is C16H24N2O2. The van der Waals surface area contributed by atoms with Gasteiger partial charge in [-0.2, -0.15) is 0 Å². The quantitative estimate of drug-likeness (QED) is 0.860. The van der Waals surface area contributed by atoms with Crippen molar-refractivity contribution in [3.63, 3.8) is 0 Å². The van der Waals surface area contributed by atoms with Gasteiger partial charge in [0.25, 0.3) is 5.91 Å². The predicted molar refractivity (Wildman–Crippen MR) is 79.0 cm³/mol. The fraction of sp³-hybridized carbons (Fsp3) is 0.562. The molecule has 1 aliphatic rings. The van der Waals surface area contributed by atoms with Crippen molar-refractivity contribution in [3.05, 3.63) is 35.9 Å². The Hall–Kier alpha value is -1.39. The van der Waals surface area contributed by atoms with Crippen molar-refractivity contribution < 1.29 is 9.90 Å². The number of likely N-dealkylation sites (N-methyl/N-ethyl adjacent to an activating group) is 1. The highest BCUT2D eigenvalue weighted by Gasteiger charge is 2.35. The predicted octanol–water partition coefficient (Wildman–Crippen LogP) is 1.70. The van der Waals surface area contributed by atoms with Crippen LogP contribution in [-0.2, 0) is 4.79 Å². The Bertz CT molecular complexity index is 435. The van der Waals surface area contributed by atoms with Crippen LogP contribution in [0.1, 0.15) is 37.9 Å². The molecule has 0 heterocycles. The van der Waals surface area contributed by atoms with Gasteiger partial charge in [-0.25, -0.2) is 0 Å². The number of rotatable bonds is 5. The average Bonchev–Trinajstić information content (AvgIpc) is 2.96. The summed E-state index contributed by atoms with van der Waals surface area (Å²) in [5.74, 6) is 0.158. The zero-order valence-electron chi connectivity index (χ0n) is 12.0. The number of hydrogen-bond acceptors (Lipinski definition) is 3. The lowest BCUT2D eigenvalue weighted by molar-refractivity contribution is -0.143. The normalized spacial score (nSPS) is 23.6. The molecular weight excluding hydrogens is 252 g/mol. The molecule has 2 rings (SSSR count). The molecule has 0 aliphatic heterocycles. The van der Waals surface area contributed by atoms with Gasteiger partial charge in [0.05, 0.1) is 0 Å². The highest BCUT2D eigenvalue weighted by Crippen LogP contribution is 2.31. The lowest BCUT2D eigenvalue weighted by Gasteiger charge is -2.33. The Labute approximate surface area is 120 Å². The SMILES string of the molecule is CCN(C(=O)C(O)c1ccccc1)C1CCCC1CN. The van der Waals surface area contributed by atoms with Crippen molar-refractivity contribution in [1.29, 1.82) is 0 Å². The highest BCUT2D eigenvalue weighted by molar-refractivity contribution is 5.82. The van der Waals surface area contributed by atoms with Gasteiger partial charge < -0.3 is 15.7 Å². The Morgan fingerprint density at radius 1 is 1.40 bits per heavy atom. The number of carbonyl (C=O) groups excluding carboxylic acids is 1. The van der Waals surface area contributed by atoms with Gasteiger partial charge in [0.1, 0.15) is 0 Å². The summed E-state index contributed by atoms with van der Waals surface area (Å²) in [5, 5.41) is 10.3. The van der Waals surface area contributed by atoms with Gasteiger partial charge in [0.2, 0.25) is 0 Å². The average molecular weight is 276 g/mol. The maximum Gasteiger partial charge on any atom is 0.256 e. The second-order valence-corrected chi connectivity index (χ2v) is 5.43. The molecule has 20 heavy (non-hydrogen) atoms. The van der Waals surface area contributed by atoms with E-state index in [-0.39, 0.29) is 11.9 Å². The first-order valence-corrected chi connectivity index (χ1v) is 7.42. The van der Waals surface area contributed by atoms with Crippen molar-refractivity contribution in [2.45, 2.75) is 38.3 Å². The summed E-state index contributed by atoms with van der Waals surface area (Å²) in [7, 11) is 0. The van der Waals surface area contributed by atoms with Gasteiger partial charge in [-0.1, -0.05) is 36.8 Å². The third-order valence-corrected chi connectivity index (χ3v) is 4.30. The molecule has 4 heteroatoms. The van der Waals surface area contributed by atoms with Crippen LogP contribution in [0.4, 0.5) is 0 Å². The number of aliphatic hydroxyl groups excluding tert-OH is 1. The van der Waals surface area contributed by atoms with Gasteiger partial charge in [0.15, 0.2) is 6.10 Å². The summed E-state index contributed by atoms with van der Waals surface area (Å²) in [4.78, 5) is 14.4. The minimum Gasteiger partial charge on any atom is -0.378 e. The molecule has 1 aliphatic carbocycles. The maximum atomic E-state index is 12.6. The van der Waals surface area contributed by atoms with Crippen molar-refractivity contribution in [2.75, 3.05) is 13.1 Å². The molecule has 0 spiro atoms. The van der Waals surface area contributed by atoms with Crippen molar-refractivity contribution in [1.82, 2.24) is 4.90 Å². The minimum absolute atomic E-state index is 0.177. The number of benzene rings is 1. The molecule has 4 nitrogen and oxygen atoms in total. The number of amides is 1. The number of aliphatic hydroxyl groups is 1. The van der Waals surface area contributed by atoms with E-state index in [4.69, 9.17) is 5.73 Å². The molecule has 110 valence electrons. The summed E-state index contributed by atoms with van der Waals surface area (Å²) < 4.78 is 0. The van der Waals surface area contributed by atoms with Gasteiger partial charge in [-0.15, -0.1) is 0 Å². The van der Waals surface area contributed by atoms with Gasteiger partial charge in [0, 0.05) is 12.6 Å². The van der Waals surface area contributed by atoms with E-state index in [2.05, 4.69) is 0 Å². The molecule has 0 aromatic heterocycles. The number of hydrogen-bond donors (Lipinski definition) is 2. The Morgan fingerprint density at radius 2 is 2.10 bits per heavy atom. The topological polar surface area (TPSA) is 66.6 Å². The zero-order valence-corrected chi connectivity index (χ0v) is 12.0. The first-order chi connectivity index (χ1) is 9.69. The maximum absolute atomic E-state index is 12.6. The Balaban J connectivity index is 2.13. The minimum atomic E-state index is -1.07. The third kappa shape index (κ3) is 3.02. The Morgan fingerprint density at radius 3 is 2.70 bits per heavy atom. The molecule has 1 aromatic rings. The standard InChI is InChI=1S/C16H24N2O2/c1-2-18(14-10-6-9-13(14)11-17)16(20)15(19)12-7-4-3-5-8-12/h3-5,7-8,13-15,19H,2,6,9-11,17H2,1H3. The Kier molecular flexibility index (Phi) is 5.15. The fourth-order valence-electron chi connectivity index (χ4n) is 3.19. The van der Waals surface area contributed by atoms with Crippen LogP contribution >= 0.6 is 0 Å². The molecule has 0 saturated heterocycles. The molecule has 1 saturated carbocycles. The molecule has 3 atom stereocenters. The summed E-state index contributed by atoms with van der Waals surface area (Å²) in [6.45, 7) is 3.18. The van der Waals surface area contributed by atoms with Crippen LogP contribution in [-0.4, -0.2) is 35.0 Å². The monoisotopic (exact) mass is 276 g/mol. The van der Waals surface area contributed by atoms with Crippen LogP contribution in [0, 0.1) is 5.92 Å². The van der Waals surface area contributed by atoms with Crippen LogP contribution < -0.4 is 5.73 Å². The van der Waals surface area contributed by atoms with Crippen LogP contribution in [0.15, 0.2) is 30.3 Å². The van der Waals surface area contributed by atoms with E-state index in [0.29, 0.717) is 24.6 Å². The van der Waals surface area contributed by atoms with Crippen molar-refractivity contribution >= 4 is 5.91 Å². The van der Waals surface area contributed by atoms with Crippen molar-refractivity contribution in [3.8, 4) is 0 Å². The molecule has 0 bridgehead atoms. The van der Waals surface area contributed by atoms with E-state index in [1.54, 1.807) is 12.1 Å². The van der Waals surface area contributed by atoms with Crippen LogP contribution in [0.5, 0.6) is 0 Å². The summed E-state index contributed by atoms with van der Waals surface area (Å²) in [6, 6.07) is 9.29. The zero-order chi connectivity index (χ0) is 14.5. The second kappa shape index (κ2) is 6.86. The van der Waals surface area contributed by atoms with Crippen molar-refractivity contribution in [2.24, 2.45) is 11.7 Å². The van der Waals surface area contributed by atoms with Crippen LogP contribution in [0.25, 0.3) is 0 Å². The van der Waals surface area contributed by atoms with E-state index >= 15 is 0 Å². The van der Waals surface area contributed by atoms with E-state index in [1.807, 2.05) is 30.0 Å². The second-order valence-electron chi connectivity index (χ2n) is 5.43. The van der Waals surface area contributed by atoms with Gasteiger partial charge in [-0.05, 0) is 37.8 Å². The molecule has 1 amide bonds. The first kappa shape index (κ1) is 15.0.